The van der Waals surface area contributed by atoms with Crippen LogP contribution in [0.5, 0.6) is 5.75 Å². The summed E-state index contributed by atoms with van der Waals surface area (Å²) in [6, 6.07) is 12.2. The Bertz CT molecular complexity index is 647. The summed E-state index contributed by atoms with van der Waals surface area (Å²) >= 11 is 0. The number of ether oxygens (including phenoxy) is 1. The molecule has 0 amide bonds. The number of aromatic carboxylic acids is 1. The summed E-state index contributed by atoms with van der Waals surface area (Å²) in [4.78, 5) is 14.7. The van der Waals surface area contributed by atoms with Crippen LogP contribution in [-0.4, -0.2) is 16.1 Å². The smallest absolute Gasteiger partial charge is 0.358 e. The molecule has 1 heterocycles. The van der Waals surface area contributed by atoms with E-state index in [-0.39, 0.29) is 18.1 Å². The van der Waals surface area contributed by atoms with Crippen molar-refractivity contribution in [1.29, 1.82) is 5.26 Å². The van der Waals surface area contributed by atoms with Crippen molar-refractivity contribution >= 4 is 5.97 Å². The Labute approximate surface area is 109 Å². The summed E-state index contributed by atoms with van der Waals surface area (Å²) in [5.41, 5.74) is 1.06. The van der Waals surface area contributed by atoms with Crippen LogP contribution in [0, 0.1) is 11.3 Å². The highest BCUT2D eigenvalue weighted by Gasteiger charge is 2.12. The topological polar surface area (TPSA) is 83.2 Å². The Balaban J connectivity index is 2.20. The molecule has 2 aromatic rings. The highest BCUT2D eigenvalue weighted by atomic mass is 16.5. The van der Waals surface area contributed by atoms with Gasteiger partial charge in [0.05, 0.1) is 11.6 Å². The summed E-state index contributed by atoms with van der Waals surface area (Å²) in [5, 5.41) is 17.9. The van der Waals surface area contributed by atoms with Crippen molar-refractivity contribution in [2.75, 3.05) is 0 Å². The van der Waals surface area contributed by atoms with Gasteiger partial charge in [-0.15, -0.1) is 0 Å². The van der Waals surface area contributed by atoms with Crippen LogP contribution in [0.2, 0.25) is 0 Å². The van der Waals surface area contributed by atoms with E-state index in [0.717, 1.165) is 0 Å². The number of rotatable bonds is 4. The molecule has 0 aliphatic heterocycles. The SMILES string of the molecule is N#Cc1ccccc1COc1cccnc1C(=O)O. The zero-order valence-corrected chi connectivity index (χ0v) is 9.91. The molecule has 94 valence electrons. The largest absolute Gasteiger partial charge is 0.486 e. The van der Waals surface area contributed by atoms with Crippen LogP contribution < -0.4 is 4.74 Å². The molecule has 2 rings (SSSR count). The fourth-order valence-corrected chi connectivity index (χ4v) is 1.58. The number of hydrogen-bond acceptors (Lipinski definition) is 4. The van der Waals surface area contributed by atoms with Gasteiger partial charge in [0.25, 0.3) is 0 Å². The lowest BCUT2D eigenvalue weighted by atomic mass is 10.1. The first-order valence-corrected chi connectivity index (χ1v) is 5.51. The second kappa shape index (κ2) is 5.65. The lowest BCUT2D eigenvalue weighted by molar-refractivity contribution is 0.0685. The predicted octanol–water partition coefficient (Wildman–Crippen LogP) is 2.23. The standard InChI is InChI=1S/C14H10N2O3/c15-8-10-4-1-2-5-11(10)9-19-12-6-3-7-16-13(12)14(17)18/h1-7H,9H2,(H,17,18). The van der Waals surface area contributed by atoms with E-state index in [4.69, 9.17) is 15.1 Å². The summed E-state index contributed by atoms with van der Waals surface area (Å²) in [7, 11) is 0. The molecule has 1 aromatic heterocycles. The number of nitriles is 1. The Kier molecular flexibility index (Phi) is 3.74. The molecular weight excluding hydrogens is 244 g/mol. The highest BCUT2D eigenvalue weighted by molar-refractivity contribution is 5.88. The third-order valence-corrected chi connectivity index (χ3v) is 2.49. The van der Waals surface area contributed by atoms with Gasteiger partial charge in [-0.05, 0) is 18.2 Å². The summed E-state index contributed by atoms with van der Waals surface area (Å²) in [6.45, 7) is 0.121. The van der Waals surface area contributed by atoms with Gasteiger partial charge in [-0.1, -0.05) is 18.2 Å². The minimum atomic E-state index is -1.15. The van der Waals surface area contributed by atoms with E-state index in [1.54, 1.807) is 30.3 Å². The van der Waals surface area contributed by atoms with Crippen molar-refractivity contribution in [2.45, 2.75) is 6.61 Å². The molecule has 0 saturated heterocycles. The second-order valence-electron chi connectivity index (χ2n) is 3.71. The lowest BCUT2D eigenvalue weighted by Crippen LogP contribution is -2.06. The van der Waals surface area contributed by atoms with Crippen LogP contribution in [-0.2, 0) is 6.61 Å². The van der Waals surface area contributed by atoms with Crippen LogP contribution in [0.15, 0.2) is 42.6 Å². The van der Waals surface area contributed by atoms with Crippen LogP contribution in [0.3, 0.4) is 0 Å². The van der Waals surface area contributed by atoms with Gasteiger partial charge in [-0.25, -0.2) is 9.78 Å². The molecule has 1 N–H and O–H groups in total. The van der Waals surface area contributed by atoms with Gasteiger partial charge in [0.15, 0.2) is 11.4 Å². The summed E-state index contributed by atoms with van der Waals surface area (Å²) < 4.78 is 5.43. The third-order valence-electron chi connectivity index (χ3n) is 2.49. The number of nitrogens with zero attached hydrogens (tertiary/aromatic N) is 2. The highest BCUT2D eigenvalue weighted by Crippen LogP contribution is 2.18. The Morgan fingerprint density at radius 3 is 2.84 bits per heavy atom. The third kappa shape index (κ3) is 2.87. The molecule has 5 heteroatoms. The number of carboxylic acids is 1. The molecule has 0 unspecified atom stereocenters. The minimum absolute atomic E-state index is 0.121. The first-order chi connectivity index (χ1) is 9.22. The van der Waals surface area contributed by atoms with Gasteiger partial charge >= 0.3 is 5.97 Å². The number of hydrogen-bond donors (Lipinski definition) is 1. The van der Waals surface area contributed by atoms with E-state index in [2.05, 4.69) is 11.1 Å². The molecule has 0 bridgehead atoms. The minimum Gasteiger partial charge on any atom is -0.486 e. The van der Waals surface area contributed by atoms with Gasteiger partial charge in [0, 0.05) is 11.8 Å². The zero-order chi connectivity index (χ0) is 13.7. The van der Waals surface area contributed by atoms with Gasteiger partial charge in [0.2, 0.25) is 0 Å². The normalized spacial score (nSPS) is 9.63. The van der Waals surface area contributed by atoms with E-state index in [1.807, 2.05) is 0 Å². The van der Waals surface area contributed by atoms with Crippen molar-refractivity contribution in [2.24, 2.45) is 0 Å². The van der Waals surface area contributed by atoms with Crippen LogP contribution in [0.1, 0.15) is 21.6 Å². The van der Waals surface area contributed by atoms with Gasteiger partial charge < -0.3 is 9.84 Å². The van der Waals surface area contributed by atoms with Crippen molar-refractivity contribution in [1.82, 2.24) is 4.98 Å². The molecule has 0 saturated carbocycles. The number of carbonyl (C=O) groups is 1. The maximum atomic E-state index is 11.0. The fraction of sp³-hybridized carbons (Fsp3) is 0.0714. The number of aromatic nitrogens is 1. The first kappa shape index (κ1) is 12.6. The van der Waals surface area contributed by atoms with Crippen molar-refractivity contribution < 1.29 is 14.6 Å². The molecule has 19 heavy (non-hydrogen) atoms. The predicted molar refractivity (Wildman–Crippen MR) is 66.7 cm³/mol. The second-order valence-corrected chi connectivity index (χ2v) is 3.71. The van der Waals surface area contributed by atoms with Gasteiger partial charge in [-0.3, -0.25) is 0 Å². The molecule has 0 aliphatic carbocycles. The van der Waals surface area contributed by atoms with Gasteiger partial charge in [-0.2, -0.15) is 5.26 Å². The molecule has 5 nitrogen and oxygen atoms in total. The van der Waals surface area contributed by atoms with Crippen molar-refractivity contribution in [3.63, 3.8) is 0 Å². The summed E-state index contributed by atoms with van der Waals surface area (Å²) in [6.07, 6.45) is 1.39. The van der Waals surface area contributed by atoms with E-state index in [0.29, 0.717) is 11.1 Å². The van der Waals surface area contributed by atoms with Crippen LogP contribution in [0.25, 0.3) is 0 Å². The average Bonchev–Trinajstić information content (AvgIpc) is 2.45. The van der Waals surface area contributed by atoms with E-state index >= 15 is 0 Å². The van der Waals surface area contributed by atoms with Crippen molar-refractivity contribution in [3.8, 4) is 11.8 Å². The quantitative estimate of drug-likeness (QED) is 0.904. The Morgan fingerprint density at radius 1 is 1.32 bits per heavy atom. The van der Waals surface area contributed by atoms with Crippen LogP contribution >= 0.6 is 0 Å². The summed E-state index contributed by atoms with van der Waals surface area (Å²) in [5.74, 6) is -0.966. The Morgan fingerprint density at radius 2 is 2.11 bits per heavy atom. The molecule has 0 spiro atoms. The maximum Gasteiger partial charge on any atom is 0.358 e. The molecule has 0 fully saturated rings. The van der Waals surface area contributed by atoms with E-state index in [1.165, 1.54) is 12.3 Å². The average molecular weight is 254 g/mol. The number of carboxylic acid groups (broad SMARTS) is 1. The number of benzene rings is 1. The molecule has 0 aliphatic rings. The van der Waals surface area contributed by atoms with E-state index in [9.17, 15) is 4.79 Å². The number of pyridine rings is 1. The first-order valence-electron chi connectivity index (χ1n) is 5.51. The molecular formula is C14H10N2O3. The fourth-order valence-electron chi connectivity index (χ4n) is 1.58. The molecule has 0 radical (unpaired) electrons. The monoisotopic (exact) mass is 254 g/mol. The van der Waals surface area contributed by atoms with Crippen LogP contribution in [0.4, 0.5) is 0 Å². The zero-order valence-electron chi connectivity index (χ0n) is 9.91. The van der Waals surface area contributed by atoms with Gasteiger partial charge in [0.1, 0.15) is 6.61 Å². The van der Waals surface area contributed by atoms with Crippen molar-refractivity contribution in [3.05, 3.63) is 59.4 Å². The molecule has 0 atom stereocenters. The van der Waals surface area contributed by atoms with E-state index < -0.39 is 5.97 Å². The lowest BCUT2D eigenvalue weighted by Gasteiger charge is -2.09. The maximum absolute atomic E-state index is 11.0. The Hall–Kier alpha value is -2.87. The molecule has 1 aromatic carbocycles.